The molecule has 1 atom stereocenters. The maximum atomic E-state index is 12.9. The van der Waals surface area contributed by atoms with Gasteiger partial charge in [-0.15, -0.1) is 0 Å². The van der Waals surface area contributed by atoms with Gasteiger partial charge in [0.1, 0.15) is 13.2 Å². The highest BCUT2D eigenvalue weighted by molar-refractivity contribution is 5.71. The molecule has 0 N–H and O–H groups in total. The summed E-state index contributed by atoms with van der Waals surface area (Å²) in [7, 11) is 0. The minimum Gasteiger partial charge on any atom is -0.462 e. The van der Waals surface area contributed by atoms with E-state index in [0.717, 1.165) is 109 Å². The van der Waals surface area contributed by atoms with Crippen molar-refractivity contribution in [3.8, 4) is 0 Å². The molecule has 0 fully saturated rings. The lowest BCUT2D eigenvalue weighted by Gasteiger charge is -2.18. The molecular weight excluding hydrogens is 1010 g/mol. The van der Waals surface area contributed by atoms with Crippen LogP contribution in [0.3, 0.4) is 0 Å². The Bertz CT molecular complexity index is 1590. The van der Waals surface area contributed by atoms with Crippen LogP contribution in [0.15, 0.2) is 97.2 Å². The van der Waals surface area contributed by atoms with E-state index in [4.69, 9.17) is 14.2 Å². The molecule has 82 heavy (non-hydrogen) atoms. The van der Waals surface area contributed by atoms with Gasteiger partial charge < -0.3 is 14.2 Å². The summed E-state index contributed by atoms with van der Waals surface area (Å²) in [6.07, 6.45) is 94.5. The number of ether oxygens (including phenoxy) is 3. The monoisotopic (exact) mass is 1140 g/mol. The molecule has 0 aliphatic carbocycles. The molecule has 0 aliphatic rings. The Morgan fingerprint density at radius 1 is 0.256 bits per heavy atom. The molecule has 0 spiro atoms. The number of carbonyl (C=O) groups excluding carboxylic acids is 3. The Morgan fingerprint density at radius 3 is 0.780 bits per heavy atom. The van der Waals surface area contributed by atoms with Gasteiger partial charge in [-0.1, -0.05) is 304 Å². The molecule has 0 aliphatic heterocycles. The summed E-state index contributed by atoms with van der Waals surface area (Å²) in [5, 5.41) is 0. The van der Waals surface area contributed by atoms with Gasteiger partial charge in [0.25, 0.3) is 0 Å². The molecule has 0 heterocycles. The molecule has 472 valence electrons. The quantitative estimate of drug-likeness (QED) is 0.0261. The molecule has 1 unspecified atom stereocenters. The average Bonchev–Trinajstić information content (AvgIpc) is 3.47. The second kappa shape index (κ2) is 69.8. The topological polar surface area (TPSA) is 78.9 Å². The van der Waals surface area contributed by atoms with Crippen LogP contribution in [0.5, 0.6) is 0 Å². The molecule has 0 rings (SSSR count). The van der Waals surface area contributed by atoms with Crippen molar-refractivity contribution in [2.75, 3.05) is 13.2 Å². The van der Waals surface area contributed by atoms with Gasteiger partial charge in [-0.25, -0.2) is 0 Å². The zero-order valence-electron chi connectivity index (χ0n) is 54.2. The molecule has 6 heteroatoms. The van der Waals surface area contributed by atoms with Crippen molar-refractivity contribution >= 4 is 17.9 Å². The highest BCUT2D eigenvalue weighted by atomic mass is 16.6. The lowest BCUT2D eigenvalue weighted by molar-refractivity contribution is -0.167. The first-order valence-electron chi connectivity index (χ1n) is 35.2. The fourth-order valence-electron chi connectivity index (χ4n) is 10.0. The smallest absolute Gasteiger partial charge is 0.306 e. The Labute approximate surface area is 508 Å². The first kappa shape index (κ1) is 78.3. The highest BCUT2D eigenvalue weighted by Crippen LogP contribution is 2.17. The SMILES string of the molecule is CC/C=C\C/C=C\C/C=C\C/C=C\CCCCC(=O)OCC(COC(=O)CCCCCCCCCCCCCCCCCCCC/C=C\C/C=C\C/C=C\CCCCCCC)OC(=O)CCCCCCC/C=C\CCCCCCCCC. The van der Waals surface area contributed by atoms with Gasteiger partial charge in [0.05, 0.1) is 0 Å². The summed E-state index contributed by atoms with van der Waals surface area (Å²) in [4.78, 5) is 38.4. The Morgan fingerprint density at radius 2 is 0.476 bits per heavy atom. The number of hydrogen-bond donors (Lipinski definition) is 0. The van der Waals surface area contributed by atoms with E-state index in [1.165, 1.54) is 199 Å². The number of unbranched alkanes of at least 4 members (excludes halogenated alkanes) is 37. The highest BCUT2D eigenvalue weighted by Gasteiger charge is 2.19. The predicted octanol–water partition coefficient (Wildman–Crippen LogP) is 24.4. The minimum atomic E-state index is -0.799. The number of rotatable bonds is 64. The van der Waals surface area contributed by atoms with E-state index in [9.17, 15) is 14.4 Å². The average molecular weight is 1140 g/mol. The fraction of sp³-hybridized carbons (Fsp3) is 0.750. The zero-order chi connectivity index (χ0) is 59.2. The van der Waals surface area contributed by atoms with Crippen LogP contribution >= 0.6 is 0 Å². The van der Waals surface area contributed by atoms with Gasteiger partial charge in [0, 0.05) is 19.3 Å². The van der Waals surface area contributed by atoms with Crippen LogP contribution in [0, 0.1) is 0 Å². The van der Waals surface area contributed by atoms with Crippen LogP contribution in [0.4, 0.5) is 0 Å². The molecule has 0 aromatic rings. The molecule has 0 bridgehead atoms. The van der Waals surface area contributed by atoms with E-state index in [1.807, 2.05) is 0 Å². The third-order valence-corrected chi connectivity index (χ3v) is 15.3. The molecule has 6 nitrogen and oxygen atoms in total. The number of esters is 3. The van der Waals surface area contributed by atoms with Crippen LogP contribution in [-0.4, -0.2) is 37.2 Å². The zero-order valence-corrected chi connectivity index (χ0v) is 54.2. The summed E-state index contributed by atoms with van der Waals surface area (Å²) in [6.45, 7) is 6.50. The van der Waals surface area contributed by atoms with Crippen molar-refractivity contribution in [3.63, 3.8) is 0 Å². The molecule has 0 aromatic carbocycles. The summed E-state index contributed by atoms with van der Waals surface area (Å²) >= 11 is 0. The summed E-state index contributed by atoms with van der Waals surface area (Å²) in [5.74, 6) is -0.930. The van der Waals surface area contributed by atoms with Crippen molar-refractivity contribution in [2.24, 2.45) is 0 Å². The first-order chi connectivity index (χ1) is 40.5. The van der Waals surface area contributed by atoms with E-state index >= 15 is 0 Å². The molecule has 0 saturated heterocycles. The van der Waals surface area contributed by atoms with Gasteiger partial charge in [0.15, 0.2) is 6.10 Å². The third-order valence-electron chi connectivity index (χ3n) is 15.3. The van der Waals surface area contributed by atoms with Crippen LogP contribution in [0.1, 0.15) is 348 Å². The largest absolute Gasteiger partial charge is 0.462 e. The van der Waals surface area contributed by atoms with E-state index < -0.39 is 6.10 Å². The van der Waals surface area contributed by atoms with Crippen molar-refractivity contribution in [1.82, 2.24) is 0 Å². The van der Waals surface area contributed by atoms with Gasteiger partial charge in [-0.05, 0) is 122 Å². The summed E-state index contributed by atoms with van der Waals surface area (Å²) in [6, 6.07) is 0. The number of hydrogen-bond acceptors (Lipinski definition) is 6. The molecular formula is C76H132O6. The van der Waals surface area contributed by atoms with Crippen LogP contribution in [0.2, 0.25) is 0 Å². The Kier molecular flexibility index (Phi) is 66.7. The second-order valence-electron chi connectivity index (χ2n) is 23.4. The van der Waals surface area contributed by atoms with Gasteiger partial charge in [0.2, 0.25) is 0 Å². The third kappa shape index (κ3) is 67.1. The predicted molar refractivity (Wildman–Crippen MR) is 357 cm³/mol. The molecule has 0 amide bonds. The standard InChI is InChI=1S/C76H132O6/c1-4-7-10-13-16-19-22-25-28-30-31-32-33-34-35-36-37-38-39-40-41-42-43-44-45-46-49-51-54-57-60-63-66-69-75(78)81-72-73(71-80-74(77)68-65-62-59-56-53-50-47-27-24-21-18-15-12-9-6-3)82-76(79)70-67-64-61-58-55-52-48-29-26-23-20-17-14-11-8-5-2/h9,12,18,21-22,25,27,29-31,33-34,47-48,53,56,73H,4-8,10-11,13-17,19-20,23-24,26,28,32,35-46,49-52,54-55,57-72H2,1-3H3/b12-9-,21-18-,25-22-,31-30-,34-33-,47-27-,48-29-,56-53-. The van der Waals surface area contributed by atoms with Crippen LogP contribution < -0.4 is 0 Å². The van der Waals surface area contributed by atoms with E-state index in [-0.39, 0.29) is 31.1 Å². The van der Waals surface area contributed by atoms with Gasteiger partial charge in [-0.2, -0.15) is 0 Å². The van der Waals surface area contributed by atoms with Crippen molar-refractivity contribution in [3.05, 3.63) is 97.2 Å². The van der Waals surface area contributed by atoms with E-state index in [0.29, 0.717) is 19.3 Å². The van der Waals surface area contributed by atoms with Gasteiger partial charge in [-0.3, -0.25) is 14.4 Å². The van der Waals surface area contributed by atoms with E-state index in [1.54, 1.807) is 0 Å². The number of allylic oxidation sites excluding steroid dienone is 16. The Balaban J connectivity index is 4.21. The summed E-state index contributed by atoms with van der Waals surface area (Å²) in [5.41, 5.74) is 0. The first-order valence-corrected chi connectivity index (χ1v) is 35.2. The molecule has 0 radical (unpaired) electrons. The van der Waals surface area contributed by atoms with Crippen LogP contribution in [-0.2, 0) is 28.6 Å². The fourth-order valence-corrected chi connectivity index (χ4v) is 10.0. The van der Waals surface area contributed by atoms with E-state index in [2.05, 4.69) is 118 Å². The number of carbonyl (C=O) groups is 3. The maximum Gasteiger partial charge on any atom is 0.306 e. The van der Waals surface area contributed by atoms with Gasteiger partial charge >= 0.3 is 17.9 Å². The van der Waals surface area contributed by atoms with Crippen molar-refractivity contribution < 1.29 is 28.6 Å². The van der Waals surface area contributed by atoms with Crippen LogP contribution in [0.25, 0.3) is 0 Å². The molecule has 0 aromatic heterocycles. The van der Waals surface area contributed by atoms with Crippen molar-refractivity contribution in [1.29, 1.82) is 0 Å². The Hall–Kier alpha value is -3.67. The minimum absolute atomic E-state index is 0.0916. The maximum absolute atomic E-state index is 12.9. The van der Waals surface area contributed by atoms with Crippen molar-refractivity contribution in [2.45, 2.75) is 354 Å². The lowest BCUT2D eigenvalue weighted by atomic mass is 10.0. The lowest BCUT2D eigenvalue weighted by Crippen LogP contribution is -2.30. The normalized spacial score (nSPS) is 12.7. The molecule has 0 saturated carbocycles. The summed E-state index contributed by atoms with van der Waals surface area (Å²) < 4.78 is 16.9. The second-order valence-corrected chi connectivity index (χ2v) is 23.4.